The Morgan fingerprint density at radius 1 is 1.09 bits per heavy atom. The van der Waals surface area contributed by atoms with Crippen LogP contribution in [0.15, 0.2) is 53.1 Å². The lowest BCUT2D eigenvalue weighted by molar-refractivity contribution is -0.131. The first-order chi connectivity index (χ1) is 16.4. The third kappa shape index (κ3) is 3.69. The number of carbonyl (C=O) groups excluding carboxylic acids is 1. The summed E-state index contributed by atoms with van der Waals surface area (Å²) in [6, 6.07) is 11.6. The van der Waals surface area contributed by atoms with E-state index in [1.165, 1.54) is 0 Å². The van der Waals surface area contributed by atoms with Crippen LogP contribution in [-0.4, -0.2) is 33.7 Å². The molecule has 34 heavy (non-hydrogen) atoms. The van der Waals surface area contributed by atoms with Gasteiger partial charge in [-0.25, -0.2) is 10.9 Å². The molecule has 1 aromatic heterocycles. The number of phenols is 2. The number of nitrogens with one attached hydrogen (secondary N) is 2. The van der Waals surface area contributed by atoms with Gasteiger partial charge in [0.25, 0.3) is 0 Å². The standard InChI is InChI=1S/C26H29N3O5/c1-4-33-20-12-16(7-8-19(20)30)24-21-22(18-11-14(2)10-15(3)25(18)31)27-28-23(21)26(32)29(24)13-17-6-5-9-34-17/h5-12,21-24,27-28,30-31H,4,13H2,1-3H3. The van der Waals surface area contributed by atoms with Crippen molar-refractivity contribution in [1.29, 1.82) is 0 Å². The second kappa shape index (κ2) is 8.70. The number of rotatable bonds is 6. The molecule has 0 radical (unpaired) electrons. The van der Waals surface area contributed by atoms with Gasteiger partial charge in [0, 0.05) is 11.5 Å². The molecular weight excluding hydrogens is 434 g/mol. The number of benzene rings is 2. The highest BCUT2D eigenvalue weighted by Gasteiger charge is 2.56. The molecule has 2 aliphatic rings. The number of carbonyl (C=O) groups is 1. The monoisotopic (exact) mass is 463 g/mol. The van der Waals surface area contributed by atoms with E-state index in [1.807, 2.05) is 45.0 Å². The van der Waals surface area contributed by atoms with Gasteiger partial charge in [-0.2, -0.15) is 0 Å². The Bertz CT molecular complexity index is 1210. The highest BCUT2D eigenvalue weighted by Crippen LogP contribution is 2.50. The number of fused-ring (bicyclic) bond motifs is 1. The van der Waals surface area contributed by atoms with E-state index in [2.05, 4.69) is 10.9 Å². The normalized spacial score (nSPS) is 24.0. The molecular formula is C26H29N3O5. The van der Waals surface area contributed by atoms with Gasteiger partial charge in [-0.1, -0.05) is 23.8 Å². The molecule has 2 aromatic carbocycles. The quantitative estimate of drug-likeness (QED) is 0.442. The summed E-state index contributed by atoms with van der Waals surface area (Å²) in [5.41, 5.74) is 9.86. The van der Waals surface area contributed by atoms with Crippen molar-refractivity contribution in [2.45, 2.75) is 45.4 Å². The molecule has 1 amide bonds. The first-order valence-corrected chi connectivity index (χ1v) is 11.5. The third-order valence-electron chi connectivity index (χ3n) is 6.75. The molecule has 178 valence electrons. The summed E-state index contributed by atoms with van der Waals surface area (Å²) in [5.74, 6) is 1.04. The van der Waals surface area contributed by atoms with Crippen molar-refractivity contribution in [3.8, 4) is 17.2 Å². The minimum absolute atomic E-state index is 0.0511. The van der Waals surface area contributed by atoms with Crippen LogP contribution in [0.2, 0.25) is 0 Å². The Morgan fingerprint density at radius 3 is 2.62 bits per heavy atom. The highest BCUT2D eigenvalue weighted by molar-refractivity contribution is 5.86. The number of hydrazine groups is 1. The van der Waals surface area contributed by atoms with Crippen molar-refractivity contribution in [3.05, 3.63) is 76.7 Å². The molecule has 8 nitrogen and oxygen atoms in total. The van der Waals surface area contributed by atoms with Gasteiger partial charge in [-0.05, 0) is 56.2 Å². The van der Waals surface area contributed by atoms with Crippen molar-refractivity contribution in [2.75, 3.05) is 6.61 Å². The van der Waals surface area contributed by atoms with E-state index in [4.69, 9.17) is 9.15 Å². The fourth-order valence-corrected chi connectivity index (χ4v) is 5.33. The van der Waals surface area contributed by atoms with Crippen molar-refractivity contribution < 1.29 is 24.2 Å². The number of likely N-dealkylation sites (tertiary alicyclic amines) is 1. The second-order valence-corrected chi connectivity index (χ2v) is 8.99. The maximum Gasteiger partial charge on any atom is 0.242 e. The Labute approximate surface area is 198 Å². The van der Waals surface area contributed by atoms with Gasteiger partial charge in [0.1, 0.15) is 17.6 Å². The van der Waals surface area contributed by atoms with Gasteiger partial charge in [-0.15, -0.1) is 0 Å². The van der Waals surface area contributed by atoms with Crippen LogP contribution in [0.3, 0.4) is 0 Å². The third-order valence-corrected chi connectivity index (χ3v) is 6.75. The van der Waals surface area contributed by atoms with Crippen molar-refractivity contribution in [3.63, 3.8) is 0 Å². The minimum Gasteiger partial charge on any atom is -0.507 e. The second-order valence-electron chi connectivity index (χ2n) is 8.99. The van der Waals surface area contributed by atoms with Crippen LogP contribution >= 0.6 is 0 Å². The van der Waals surface area contributed by atoms with Crippen molar-refractivity contribution in [1.82, 2.24) is 15.8 Å². The Kier molecular flexibility index (Phi) is 5.71. The van der Waals surface area contributed by atoms with Gasteiger partial charge in [-0.3, -0.25) is 4.79 Å². The summed E-state index contributed by atoms with van der Waals surface area (Å²) in [4.78, 5) is 15.4. The number of hydrogen-bond donors (Lipinski definition) is 4. The first kappa shape index (κ1) is 22.3. The average molecular weight is 464 g/mol. The molecule has 3 aromatic rings. The number of aromatic hydroxyl groups is 2. The number of ether oxygens (including phenoxy) is 1. The summed E-state index contributed by atoms with van der Waals surface area (Å²) >= 11 is 0. The molecule has 4 atom stereocenters. The summed E-state index contributed by atoms with van der Waals surface area (Å²) in [6.07, 6.45) is 1.59. The van der Waals surface area contributed by atoms with Crippen LogP contribution in [0.25, 0.3) is 0 Å². The molecule has 2 saturated heterocycles. The Balaban J connectivity index is 1.62. The molecule has 8 heteroatoms. The van der Waals surface area contributed by atoms with E-state index in [0.29, 0.717) is 24.7 Å². The number of furan rings is 1. The Morgan fingerprint density at radius 2 is 1.88 bits per heavy atom. The van der Waals surface area contributed by atoms with Crippen LogP contribution in [0, 0.1) is 19.8 Å². The summed E-state index contributed by atoms with van der Waals surface area (Å²) < 4.78 is 11.2. The van der Waals surface area contributed by atoms with Crippen LogP contribution in [0.1, 0.15) is 47.0 Å². The predicted molar refractivity (Wildman–Crippen MR) is 125 cm³/mol. The molecule has 0 spiro atoms. The smallest absolute Gasteiger partial charge is 0.242 e. The molecule has 0 saturated carbocycles. The predicted octanol–water partition coefficient (Wildman–Crippen LogP) is 3.62. The molecule has 3 heterocycles. The maximum absolute atomic E-state index is 13.6. The molecule has 2 fully saturated rings. The lowest BCUT2D eigenvalue weighted by Crippen LogP contribution is -2.41. The number of aryl methyl sites for hydroxylation is 2. The van der Waals surface area contributed by atoms with E-state index < -0.39 is 6.04 Å². The lowest BCUT2D eigenvalue weighted by Gasteiger charge is -2.31. The minimum atomic E-state index is -0.491. The summed E-state index contributed by atoms with van der Waals surface area (Å²) in [6.45, 7) is 6.44. The zero-order chi connectivity index (χ0) is 24.0. The van der Waals surface area contributed by atoms with Crippen LogP contribution in [0.4, 0.5) is 0 Å². The van der Waals surface area contributed by atoms with Crippen LogP contribution in [-0.2, 0) is 11.3 Å². The molecule has 5 rings (SSSR count). The largest absolute Gasteiger partial charge is 0.507 e. The molecule has 0 aliphatic carbocycles. The van der Waals surface area contributed by atoms with Gasteiger partial charge in [0.05, 0.1) is 31.5 Å². The van der Waals surface area contributed by atoms with Gasteiger partial charge < -0.3 is 24.3 Å². The van der Waals surface area contributed by atoms with E-state index in [9.17, 15) is 15.0 Å². The van der Waals surface area contributed by atoms with Gasteiger partial charge in [0.15, 0.2) is 11.5 Å². The molecule has 2 aliphatic heterocycles. The fourth-order valence-electron chi connectivity index (χ4n) is 5.33. The average Bonchev–Trinajstić information content (AvgIpc) is 3.52. The van der Waals surface area contributed by atoms with Gasteiger partial charge >= 0.3 is 0 Å². The first-order valence-electron chi connectivity index (χ1n) is 11.5. The zero-order valence-corrected chi connectivity index (χ0v) is 19.4. The van der Waals surface area contributed by atoms with E-state index in [-0.39, 0.29) is 35.4 Å². The van der Waals surface area contributed by atoms with E-state index >= 15 is 0 Å². The number of phenolic OH excluding ortho intramolecular Hbond substituents is 2. The number of amides is 1. The molecule has 4 N–H and O–H groups in total. The summed E-state index contributed by atoms with van der Waals surface area (Å²) in [5, 5.41) is 21.2. The van der Waals surface area contributed by atoms with Crippen molar-refractivity contribution >= 4 is 5.91 Å². The van der Waals surface area contributed by atoms with E-state index in [0.717, 1.165) is 22.3 Å². The molecule has 0 bridgehead atoms. The maximum atomic E-state index is 13.6. The Hall–Kier alpha value is -3.49. The SMILES string of the molecule is CCOc1cc(C2C3C(NNC3c3cc(C)cc(C)c3O)C(=O)N2Cc2ccco2)ccc1O. The van der Waals surface area contributed by atoms with Gasteiger partial charge in [0.2, 0.25) is 5.91 Å². The lowest BCUT2D eigenvalue weighted by atomic mass is 9.82. The van der Waals surface area contributed by atoms with E-state index in [1.54, 1.807) is 29.4 Å². The number of nitrogens with zero attached hydrogens (tertiary/aromatic N) is 1. The summed E-state index contributed by atoms with van der Waals surface area (Å²) in [7, 11) is 0. The molecule has 4 unspecified atom stereocenters. The number of hydrogen-bond acceptors (Lipinski definition) is 7. The van der Waals surface area contributed by atoms with Crippen molar-refractivity contribution in [2.24, 2.45) is 5.92 Å². The highest BCUT2D eigenvalue weighted by atomic mass is 16.5. The van der Waals surface area contributed by atoms with Crippen LogP contribution in [0.5, 0.6) is 17.2 Å². The topological polar surface area (TPSA) is 107 Å². The van der Waals surface area contributed by atoms with Crippen LogP contribution < -0.4 is 15.6 Å². The fraction of sp³-hybridized carbons (Fsp3) is 0.346. The zero-order valence-electron chi connectivity index (χ0n) is 19.4.